The molecule has 1 aliphatic heterocycles. The molecule has 1 amide bonds. The van der Waals surface area contributed by atoms with Crippen LogP contribution in [0.3, 0.4) is 0 Å². The van der Waals surface area contributed by atoms with Crippen molar-refractivity contribution in [3.05, 3.63) is 53.7 Å². The number of benzene rings is 1. The zero-order valence-corrected chi connectivity index (χ0v) is 15.6. The zero-order valence-electron chi connectivity index (χ0n) is 14.8. The second kappa shape index (κ2) is 7.51. The monoisotopic (exact) mass is 366 g/mol. The van der Waals surface area contributed by atoms with E-state index in [1.54, 1.807) is 0 Å². The van der Waals surface area contributed by atoms with Crippen molar-refractivity contribution in [1.29, 1.82) is 0 Å². The van der Waals surface area contributed by atoms with Crippen LogP contribution in [0.4, 0.5) is 5.13 Å². The lowest BCUT2D eigenvalue weighted by atomic mass is 9.95. The van der Waals surface area contributed by atoms with Crippen LogP contribution in [0.1, 0.15) is 24.0 Å². The van der Waals surface area contributed by atoms with Gasteiger partial charge in [-0.05, 0) is 50.0 Å². The third kappa shape index (κ3) is 3.92. The molecule has 0 atom stereocenters. The van der Waals surface area contributed by atoms with E-state index in [-0.39, 0.29) is 11.8 Å². The number of hydrogen-bond donors (Lipinski definition) is 1. The molecule has 6 heteroatoms. The van der Waals surface area contributed by atoms with Gasteiger partial charge in [0.05, 0.1) is 0 Å². The van der Waals surface area contributed by atoms with Crippen LogP contribution in [-0.2, 0) is 11.3 Å². The third-order valence-corrected chi connectivity index (χ3v) is 5.72. The lowest BCUT2D eigenvalue weighted by Crippen LogP contribution is -2.37. The number of anilines is 1. The maximum Gasteiger partial charge on any atom is 0.229 e. The van der Waals surface area contributed by atoms with E-state index in [4.69, 9.17) is 0 Å². The standard InChI is InChI=1S/C20H22N4OS/c1-14-11-17-19(21-12-14)26-20(22-17)23-18(25)16-7-9-24(10-8-16)13-15-5-3-2-4-6-15/h2-6,11-12,16H,7-10,13H2,1H3,(H,22,23,25). The summed E-state index contributed by atoms with van der Waals surface area (Å²) in [6.45, 7) is 4.85. The van der Waals surface area contributed by atoms with E-state index in [9.17, 15) is 4.79 Å². The number of aryl methyl sites for hydroxylation is 1. The molecule has 0 aliphatic carbocycles. The second-order valence-corrected chi connectivity index (χ2v) is 7.86. The molecule has 0 spiro atoms. The molecule has 3 aromatic rings. The number of nitrogens with zero attached hydrogens (tertiary/aromatic N) is 3. The Morgan fingerprint density at radius 2 is 2.04 bits per heavy atom. The van der Waals surface area contributed by atoms with Gasteiger partial charge in [0.1, 0.15) is 10.3 Å². The molecule has 1 saturated heterocycles. The fraction of sp³-hybridized carbons (Fsp3) is 0.350. The Morgan fingerprint density at radius 1 is 1.27 bits per heavy atom. The number of piperidine rings is 1. The maximum absolute atomic E-state index is 12.6. The summed E-state index contributed by atoms with van der Waals surface area (Å²) >= 11 is 1.44. The largest absolute Gasteiger partial charge is 0.302 e. The molecule has 5 nitrogen and oxygen atoms in total. The molecule has 0 bridgehead atoms. The van der Waals surface area contributed by atoms with Gasteiger partial charge >= 0.3 is 0 Å². The molecule has 1 N–H and O–H groups in total. The molecule has 0 saturated carbocycles. The van der Waals surface area contributed by atoms with Gasteiger partial charge in [-0.25, -0.2) is 9.97 Å². The first-order chi connectivity index (χ1) is 12.7. The van der Waals surface area contributed by atoms with Crippen molar-refractivity contribution in [2.24, 2.45) is 5.92 Å². The molecular formula is C20H22N4OS. The van der Waals surface area contributed by atoms with Crippen LogP contribution >= 0.6 is 11.3 Å². The Labute approximate surface area is 157 Å². The topological polar surface area (TPSA) is 58.1 Å². The second-order valence-electron chi connectivity index (χ2n) is 6.88. The Bertz CT molecular complexity index is 901. The predicted molar refractivity (Wildman–Crippen MR) is 105 cm³/mol. The lowest BCUT2D eigenvalue weighted by molar-refractivity contribution is -0.121. The van der Waals surface area contributed by atoms with Crippen LogP contribution in [0.5, 0.6) is 0 Å². The van der Waals surface area contributed by atoms with Crippen molar-refractivity contribution >= 4 is 32.7 Å². The number of thiazole rings is 1. The van der Waals surface area contributed by atoms with Gasteiger partial charge in [-0.3, -0.25) is 9.69 Å². The van der Waals surface area contributed by atoms with Crippen LogP contribution in [-0.4, -0.2) is 33.9 Å². The summed E-state index contributed by atoms with van der Waals surface area (Å²) in [5.41, 5.74) is 3.25. The number of carbonyl (C=O) groups is 1. The summed E-state index contributed by atoms with van der Waals surface area (Å²) in [6, 6.07) is 12.5. The smallest absolute Gasteiger partial charge is 0.229 e. The van der Waals surface area contributed by atoms with E-state index in [0.717, 1.165) is 48.4 Å². The molecule has 26 heavy (non-hydrogen) atoms. The van der Waals surface area contributed by atoms with Crippen molar-refractivity contribution < 1.29 is 4.79 Å². The lowest BCUT2D eigenvalue weighted by Gasteiger charge is -2.31. The van der Waals surface area contributed by atoms with Crippen LogP contribution in [0, 0.1) is 12.8 Å². The van der Waals surface area contributed by atoms with Gasteiger partial charge in [-0.15, -0.1) is 0 Å². The molecule has 3 heterocycles. The molecular weight excluding hydrogens is 344 g/mol. The van der Waals surface area contributed by atoms with Gasteiger partial charge in [-0.2, -0.15) is 0 Å². The third-order valence-electron chi connectivity index (χ3n) is 4.82. The number of fused-ring (bicyclic) bond motifs is 1. The minimum absolute atomic E-state index is 0.0590. The SMILES string of the molecule is Cc1cnc2sc(NC(=O)C3CCN(Cc4ccccc4)CC3)nc2c1. The van der Waals surface area contributed by atoms with Crippen LogP contribution < -0.4 is 5.32 Å². The van der Waals surface area contributed by atoms with Gasteiger partial charge in [0.2, 0.25) is 5.91 Å². The number of rotatable bonds is 4. The molecule has 4 rings (SSSR count). The first kappa shape index (κ1) is 17.1. The average molecular weight is 366 g/mol. The molecule has 1 aliphatic rings. The van der Waals surface area contributed by atoms with Gasteiger partial charge in [0, 0.05) is 18.7 Å². The Hall–Kier alpha value is -2.31. The minimum atomic E-state index is 0.0590. The highest BCUT2D eigenvalue weighted by molar-refractivity contribution is 7.21. The highest BCUT2D eigenvalue weighted by Gasteiger charge is 2.25. The fourth-order valence-electron chi connectivity index (χ4n) is 3.38. The number of likely N-dealkylation sites (tertiary alicyclic amines) is 1. The maximum atomic E-state index is 12.6. The van der Waals surface area contributed by atoms with Crippen molar-refractivity contribution in [2.75, 3.05) is 18.4 Å². The molecule has 0 radical (unpaired) electrons. The minimum Gasteiger partial charge on any atom is -0.302 e. The van der Waals surface area contributed by atoms with Crippen molar-refractivity contribution in [2.45, 2.75) is 26.3 Å². The van der Waals surface area contributed by atoms with E-state index in [1.165, 1.54) is 16.9 Å². The van der Waals surface area contributed by atoms with Crippen molar-refractivity contribution in [3.8, 4) is 0 Å². The Morgan fingerprint density at radius 3 is 2.81 bits per heavy atom. The van der Waals surface area contributed by atoms with E-state index >= 15 is 0 Å². The number of amides is 1. The Balaban J connectivity index is 1.33. The number of pyridine rings is 1. The summed E-state index contributed by atoms with van der Waals surface area (Å²) < 4.78 is 0. The van der Waals surface area contributed by atoms with E-state index < -0.39 is 0 Å². The predicted octanol–water partition coefficient (Wildman–Crippen LogP) is 3.85. The van der Waals surface area contributed by atoms with Crippen LogP contribution in [0.25, 0.3) is 10.3 Å². The summed E-state index contributed by atoms with van der Waals surface area (Å²) in [5.74, 6) is 0.142. The van der Waals surface area contributed by atoms with Crippen molar-refractivity contribution in [1.82, 2.24) is 14.9 Å². The Kier molecular flexibility index (Phi) is 4.95. The fourth-order valence-corrected chi connectivity index (χ4v) is 4.17. The summed E-state index contributed by atoms with van der Waals surface area (Å²) in [4.78, 5) is 24.7. The molecule has 1 aromatic carbocycles. The van der Waals surface area contributed by atoms with Gasteiger partial charge in [-0.1, -0.05) is 41.7 Å². The number of hydrogen-bond acceptors (Lipinski definition) is 5. The van der Waals surface area contributed by atoms with Crippen LogP contribution in [0.15, 0.2) is 42.6 Å². The van der Waals surface area contributed by atoms with E-state index in [2.05, 4.69) is 44.5 Å². The molecule has 1 fully saturated rings. The highest BCUT2D eigenvalue weighted by atomic mass is 32.1. The van der Waals surface area contributed by atoms with E-state index in [1.807, 2.05) is 25.3 Å². The summed E-state index contributed by atoms with van der Waals surface area (Å²) in [5, 5.41) is 3.64. The number of carbonyl (C=O) groups excluding carboxylic acids is 1. The summed E-state index contributed by atoms with van der Waals surface area (Å²) in [6.07, 6.45) is 3.61. The quantitative estimate of drug-likeness (QED) is 0.762. The van der Waals surface area contributed by atoms with Gasteiger partial charge < -0.3 is 5.32 Å². The average Bonchev–Trinajstić information content (AvgIpc) is 3.04. The van der Waals surface area contributed by atoms with Crippen molar-refractivity contribution in [3.63, 3.8) is 0 Å². The van der Waals surface area contributed by atoms with E-state index in [0.29, 0.717) is 5.13 Å². The van der Waals surface area contributed by atoms with Gasteiger partial charge in [0.15, 0.2) is 5.13 Å². The van der Waals surface area contributed by atoms with Gasteiger partial charge in [0.25, 0.3) is 0 Å². The first-order valence-electron chi connectivity index (χ1n) is 8.98. The molecule has 2 aromatic heterocycles. The first-order valence-corrected chi connectivity index (χ1v) is 9.79. The summed E-state index contributed by atoms with van der Waals surface area (Å²) in [7, 11) is 0. The zero-order chi connectivity index (χ0) is 17.9. The number of aromatic nitrogens is 2. The number of nitrogens with one attached hydrogen (secondary N) is 1. The highest BCUT2D eigenvalue weighted by Crippen LogP contribution is 2.26. The normalized spacial score (nSPS) is 16.0. The molecule has 134 valence electrons. The molecule has 0 unspecified atom stereocenters. The van der Waals surface area contributed by atoms with Crippen LogP contribution in [0.2, 0.25) is 0 Å².